The lowest BCUT2D eigenvalue weighted by Crippen LogP contribution is -2.44. The number of carbonyl (C=O) groups excluding carboxylic acids is 1. The van der Waals surface area contributed by atoms with Gasteiger partial charge < -0.3 is 14.9 Å². The number of aryl methyl sites for hydroxylation is 1. The highest BCUT2D eigenvalue weighted by Gasteiger charge is 2.25. The predicted molar refractivity (Wildman–Crippen MR) is 80.4 cm³/mol. The maximum Gasteiger partial charge on any atom is 0.326 e. The van der Waals surface area contributed by atoms with Crippen LogP contribution in [0.1, 0.15) is 30.0 Å². The molecule has 2 rings (SSSR count). The second-order valence-corrected chi connectivity index (χ2v) is 5.48. The molecule has 116 valence electrons. The third-order valence-electron chi connectivity index (χ3n) is 3.30. The molecule has 1 unspecified atom stereocenters. The van der Waals surface area contributed by atoms with E-state index in [1.165, 1.54) is 6.07 Å². The number of nitrogens with zero attached hydrogens (tertiary/aromatic N) is 1. The van der Waals surface area contributed by atoms with E-state index in [4.69, 9.17) is 9.63 Å². The van der Waals surface area contributed by atoms with Crippen LogP contribution < -0.4 is 5.32 Å². The Hall–Kier alpha value is -2.63. The molecule has 0 saturated heterocycles. The fourth-order valence-electron chi connectivity index (χ4n) is 1.97. The van der Waals surface area contributed by atoms with Gasteiger partial charge in [0.1, 0.15) is 11.7 Å². The molecule has 6 nitrogen and oxygen atoms in total. The minimum atomic E-state index is -1.08. The zero-order valence-electron chi connectivity index (χ0n) is 12.7. The van der Waals surface area contributed by atoms with Gasteiger partial charge in [0, 0.05) is 11.6 Å². The maximum atomic E-state index is 12.1. The lowest BCUT2D eigenvalue weighted by molar-refractivity contribution is -0.140. The molecule has 22 heavy (non-hydrogen) atoms. The molecule has 0 aliphatic rings. The highest BCUT2D eigenvalue weighted by atomic mass is 16.5. The van der Waals surface area contributed by atoms with Gasteiger partial charge in [0.2, 0.25) is 5.76 Å². The third kappa shape index (κ3) is 3.52. The molecule has 1 heterocycles. The van der Waals surface area contributed by atoms with Crippen LogP contribution in [0, 0.1) is 12.8 Å². The van der Waals surface area contributed by atoms with Crippen molar-refractivity contribution in [2.75, 3.05) is 0 Å². The van der Waals surface area contributed by atoms with Crippen molar-refractivity contribution in [2.45, 2.75) is 26.8 Å². The third-order valence-corrected chi connectivity index (χ3v) is 3.30. The van der Waals surface area contributed by atoms with Gasteiger partial charge in [-0.3, -0.25) is 4.79 Å². The first-order valence-corrected chi connectivity index (χ1v) is 6.96. The van der Waals surface area contributed by atoms with Crippen LogP contribution in [0.15, 0.2) is 34.9 Å². The molecule has 6 heteroatoms. The summed E-state index contributed by atoms with van der Waals surface area (Å²) in [4.78, 5) is 23.2. The van der Waals surface area contributed by atoms with E-state index >= 15 is 0 Å². The van der Waals surface area contributed by atoms with Gasteiger partial charge in [0.15, 0.2) is 0 Å². The quantitative estimate of drug-likeness (QED) is 0.885. The average molecular weight is 302 g/mol. The molecule has 1 atom stereocenters. The summed E-state index contributed by atoms with van der Waals surface area (Å²) in [7, 11) is 0. The average Bonchev–Trinajstić information content (AvgIpc) is 2.94. The first kappa shape index (κ1) is 15.8. The molecular weight excluding hydrogens is 284 g/mol. The van der Waals surface area contributed by atoms with Crippen LogP contribution in [0.25, 0.3) is 11.3 Å². The van der Waals surface area contributed by atoms with Crippen molar-refractivity contribution in [3.8, 4) is 11.3 Å². The Morgan fingerprint density at radius 3 is 2.41 bits per heavy atom. The van der Waals surface area contributed by atoms with E-state index in [-0.39, 0.29) is 11.7 Å². The van der Waals surface area contributed by atoms with Gasteiger partial charge in [-0.1, -0.05) is 48.8 Å². The number of nitrogens with one attached hydrogen (secondary N) is 1. The van der Waals surface area contributed by atoms with Crippen molar-refractivity contribution < 1.29 is 19.2 Å². The van der Waals surface area contributed by atoms with E-state index in [9.17, 15) is 9.59 Å². The number of hydrogen-bond acceptors (Lipinski definition) is 4. The van der Waals surface area contributed by atoms with Crippen molar-refractivity contribution in [1.82, 2.24) is 10.5 Å². The molecule has 1 aromatic heterocycles. The smallest absolute Gasteiger partial charge is 0.326 e. The summed E-state index contributed by atoms with van der Waals surface area (Å²) >= 11 is 0. The molecule has 1 amide bonds. The van der Waals surface area contributed by atoms with Crippen molar-refractivity contribution >= 4 is 11.9 Å². The highest BCUT2D eigenvalue weighted by Crippen LogP contribution is 2.19. The number of carbonyl (C=O) groups is 2. The Morgan fingerprint density at radius 2 is 1.86 bits per heavy atom. The van der Waals surface area contributed by atoms with Crippen molar-refractivity contribution in [3.63, 3.8) is 0 Å². The number of carboxylic acid groups (broad SMARTS) is 1. The molecule has 2 N–H and O–H groups in total. The number of benzene rings is 1. The zero-order valence-corrected chi connectivity index (χ0v) is 12.7. The molecular formula is C16H18N2O4. The summed E-state index contributed by atoms with van der Waals surface area (Å²) in [5, 5.41) is 15.4. The van der Waals surface area contributed by atoms with Crippen LogP contribution in [-0.2, 0) is 4.79 Å². The molecule has 0 radical (unpaired) electrons. The summed E-state index contributed by atoms with van der Waals surface area (Å²) < 4.78 is 5.02. The fraction of sp³-hybridized carbons (Fsp3) is 0.312. The number of aliphatic carboxylic acids is 1. The predicted octanol–water partition coefficient (Wildman–Crippen LogP) is 2.49. The Balaban J connectivity index is 2.15. The Labute approximate surface area is 128 Å². The van der Waals surface area contributed by atoms with E-state index in [0.29, 0.717) is 5.69 Å². The first-order valence-electron chi connectivity index (χ1n) is 6.96. The Morgan fingerprint density at radius 1 is 1.23 bits per heavy atom. The molecule has 0 bridgehead atoms. The van der Waals surface area contributed by atoms with Crippen LogP contribution in [0.3, 0.4) is 0 Å². The number of amides is 1. The van der Waals surface area contributed by atoms with Crippen molar-refractivity contribution in [2.24, 2.45) is 5.92 Å². The Kier molecular flexibility index (Phi) is 4.60. The number of rotatable bonds is 5. The normalized spacial score (nSPS) is 12.2. The van der Waals surface area contributed by atoms with E-state index in [1.54, 1.807) is 13.8 Å². The fourth-order valence-corrected chi connectivity index (χ4v) is 1.97. The molecule has 0 spiro atoms. The van der Waals surface area contributed by atoms with Gasteiger partial charge in [-0.25, -0.2) is 4.79 Å². The zero-order chi connectivity index (χ0) is 16.3. The van der Waals surface area contributed by atoms with Crippen LogP contribution in [-0.4, -0.2) is 28.2 Å². The van der Waals surface area contributed by atoms with Gasteiger partial charge >= 0.3 is 5.97 Å². The lowest BCUT2D eigenvalue weighted by Gasteiger charge is -2.16. The standard InChI is InChI=1S/C16H18N2O4/c1-9(2)14(16(20)21)17-15(19)13-8-12(18-22-13)11-6-4-10(3)5-7-11/h4-9,14H,1-3H3,(H,17,19)(H,20,21). The van der Waals surface area contributed by atoms with Gasteiger partial charge in [-0.05, 0) is 12.8 Å². The van der Waals surface area contributed by atoms with E-state index in [1.807, 2.05) is 31.2 Å². The molecule has 0 fully saturated rings. The lowest BCUT2D eigenvalue weighted by atomic mass is 10.0. The summed E-state index contributed by atoms with van der Waals surface area (Å²) in [6, 6.07) is 8.15. The van der Waals surface area contributed by atoms with E-state index < -0.39 is 17.9 Å². The van der Waals surface area contributed by atoms with Crippen LogP contribution in [0.5, 0.6) is 0 Å². The van der Waals surface area contributed by atoms with Gasteiger partial charge in [0.05, 0.1) is 0 Å². The van der Waals surface area contributed by atoms with Crippen molar-refractivity contribution in [1.29, 1.82) is 0 Å². The van der Waals surface area contributed by atoms with Crippen LogP contribution >= 0.6 is 0 Å². The highest BCUT2D eigenvalue weighted by molar-refractivity contribution is 5.95. The summed E-state index contributed by atoms with van der Waals surface area (Å²) in [6.45, 7) is 5.41. The molecule has 2 aromatic rings. The van der Waals surface area contributed by atoms with Crippen molar-refractivity contribution in [3.05, 3.63) is 41.7 Å². The largest absolute Gasteiger partial charge is 0.480 e. The number of hydrogen-bond donors (Lipinski definition) is 2. The molecule has 0 aliphatic heterocycles. The first-order chi connectivity index (χ1) is 10.4. The van der Waals surface area contributed by atoms with E-state index in [2.05, 4.69) is 10.5 Å². The minimum Gasteiger partial charge on any atom is -0.480 e. The van der Waals surface area contributed by atoms with Gasteiger partial charge in [-0.2, -0.15) is 0 Å². The summed E-state index contributed by atoms with van der Waals surface area (Å²) in [5.41, 5.74) is 2.47. The molecule has 0 saturated carbocycles. The topological polar surface area (TPSA) is 92.4 Å². The molecule has 0 aliphatic carbocycles. The van der Waals surface area contributed by atoms with E-state index in [0.717, 1.165) is 11.1 Å². The summed E-state index contributed by atoms with van der Waals surface area (Å²) in [5.74, 6) is -1.92. The monoisotopic (exact) mass is 302 g/mol. The minimum absolute atomic E-state index is 0.0116. The van der Waals surface area contributed by atoms with Crippen LogP contribution in [0.4, 0.5) is 0 Å². The number of carboxylic acids is 1. The van der Waals surface area contributed by atoms with Gasteiger partial charge in [-0.15, -0.1) is 0 Å². The van der Waals surface area contributed by atoms with Crippen LogP contribution in [0.2, 0.25) is 0 Å². The summed E-state index contributed by atoms with van der Waals surface area (Å²) in [6.07, 6.45) is 0. The second kappa shape index (κ2) is 6.43. The SMILES string of the molecule is Cc1ccc(-c2cc(C(=O)NC(C(=O)O)C(C)C)on2)cc1. The molecule has 1 aromatic carbocycles. The number of aromatic nitrogens is 1. The second-order valence-electron chi connectivity index (χ2n) is 5.48. The Bertz CT molecular complexity index is 674. The van der Waals surface area contributed by atoms with Gasteiger partial charge in [0.25, 0.3) is 5.91 Å². The maximum absolute atomic E-state index is 12.1.